The third-order valence-corrected chi connectivity index (χ3v) is 7.18. The number of nitrogens with zero attached hydrogens (tertiary/aromatic N) is 2. The first-order chi connectivity index (χ1) is 15.9. The molecule has 2 amide bonds. The Morgan fingerprint density at radius 3 is 1.85 bits per heavy atom. The number of fused-ring (bicyclic) bond motifs is 2. The molecule has 6 nitrogen and oxygen atoms in total. The third kappa shape index (κ3) is 3.99. The van der Waals surface area contributed by atoms with E-state index in [4.69, 9.17) is 0 Å². The van der Waals surface area contributed by atoms with Crippen molar-refractivity contribution in [1.29, 1.82) is 0 Å². The predicted octanol–water partition coefficient (Wildman–Crippen LogP) is 3.71. The number of amides is 2. The largest absolute Gasteiger partial charge is 0.335 e. The second-order valence-electron chi connectivity index (χ2n) is 9.40. The molecule has 0 saturated carbocycles. The molecule has 2 aromatic carbocycles. The van der Waals surface area contributed by atoms with Crippen LogP contribution < -0.4 is 0 Å². The second-order valence-corrected chi connectivity index (χ2v) is 9.40. The number of piperazine rings is 1. The Morgan fingerprint density at radius 2 is 1.30 bits per heavy atom. The van der Waals surface area contributed by atoms with Crippen LogP contribution in [-0.2, 0) is 12.8 Å². The van der Waals surface area contributed by atoms with Crippen LogP contribution in [0.1, 0.15) is 85.2 Å². The van der Waals surface area contributed by atoms with Gasteiger partial charge in [0.25, 0.3) is 11.8 Å². The monoisotopic (exact) mass is 444 g/mol. The van der Waals surface area contributed by atoms with E-state index in [9.17, 15) is 19.2 Å². The fourth-order valence-corrected chi connectivity index (χ4v) is 5.35. The van der Waals surface area contributed by atoms with Crippen LogP contribution in [0.5, 0.6) is 0 Å². The molecule has 0 N–H and O–H groups in total. The Bertz CT molecular complexity index is 1170. The highest BCUT2D eigenvalue weighted by molar-refractivity contribution is 6.02. The zero-order valence-corrected chi connectivity index (χ0v) is 18.9. The van der Waals surface area contributed by atoms with Gasteiger partial charge in [-0.15, -0.1) is 0 Å². The molecule has 2 aromatic rings. The van der Waals surface area contributed by atoms with Gasteiger partial charge in [-0.1, -0.05) is 12.1 Å². The fraction of sp³-hybridized carbons (Fsp3) is 0.407. The molecule has 170 valence electrons. The predicted molar refractivity (Wildman–Crippen MR) is 124 cm³/mol. The van der Waals surface area contributed by atoms with Crippen molar-refractivity contribution in [2.24, 2.45) is 0 Å². The van der Waals surface area contributed by atoms with E-state index in [0.29, 0.717) is 43.6 Å². The summed E-state index contributed by atoms with van der Waals surface area (Å²) in [7, 11) is 0. The summed E-state index contributed by atoms with van der Waals surface area (Å²) >= 11 is 0. The van der Waals surface area contributed by atoms with Crippen molar-refractivity contribution >= 4 is 23.4 Å². The minimum atomic E-state index is -0.118. The van der Waals surface area contributed by atoms with Crippen molar-refractivity contribution in [3.63, 3.8) is 0 Å². The SMILES string of the molecule is CC1CN(C(=O)c2ccc3c(c2)CCCC3=O)CCN1C(=O)c1ccc2c(c1)CCCC2=O. The van der Waals surface area contributed by atoms with Crippen LogP contribution in [0.4, 0.5) is 0 Å². The maximum atomic E-state index is 13.2. The van der Waals surface area contributed by atoms with Crippen molar-refractivity contribution in [3.8, 4) is 0 Å². The Labute approximate surface area is 193 Å². The molecule has 1 aliphatic heterocycles. The Kier molecular flexibility index (Phi) is 5.60. The topological polar surface area (TPSA) is 74.8 Å². The Morgan fingerprint density at radius 1 is 0.758 bits per heavy atom. The lowest BCUT2D eigenvalue weighted by Crippen LogP contribution is -2.55. The van der Waals surface area contributed by atoms with Gasteiger partial charge in [-0.05, 0) is 68.0 Å². The molecule has 0 bridgehead atoms. The maximum Gasteiger partial charge on any atom is 0.254 e. The summed E-state index contributed by atoms with van der Waals surface area (Å²) < 4.78 is 0. The van der Waals surface area contributed by atoms with Crippen LogP contribution in [0.15, 0.2) is 36.4 Å². The quantitative estimate of drug-likeness (QED) is 0.708. The van der Waals surface area contributed by atoms with Gasteiger partial charge >= 0.3 is 0 Å². The maximum absolute atomic E-state index is 13.2. The molecular weight excluding hydrogens is 416 g/mol. The van der Waals surface area contributed by atoms with Gasteiger partial charge in [0.2, 0.25) is 0 Å². The highest BCUT2D eigenvalue weighted by Gasteiger charge is 2.32. The van der Waals surface area contributed by atoms with Crippen LogP contribution in [-0.4, -0.2) is 58.9 Å². The smallest absolute Gasteiger partial charge is 0.254 e. The van der Waals surface area contributed by atoms with E-state index >= 15 is 0 Å². The van der Waals surface area contributed by atoms with Crippen molar-refractivity contribution in [1.82, 2.24) is 9.80 Å². The first kappa shape index (κ1) is 21.6. The number of carbonyl (C=O) groups excluding carboxylic acids is 4. The van der Waals surface area contributed by atoms with E-state index < -0.39 is 0 Å². The molecule has 1 unspecified atom stereocenters. The van der Waals surface area contributed by atoms with E-state index in [2.05, 4.69) is 0 Å². The van der Waals surface area contributed by atoms with Crippen LogP contribution in [0.25, 0.3) is 0 Å². The minimum absolute atomic E-state index is 0.0530. The molecule has 3 aliphatic rings. The van der Waals surface area contributed by atoms with Gasteiger partial charge < -0.3 is 9.80 Å². The summed E-state index contributed by atoms with van der Waals surface area (Å²) in [5.74, 6) is 0.203. The first-order valence-corrected chi connectivity index (χ1v) is 11.8. The van der Waals surface area contributed by atoms with Crippen molar-refractivity contribution in [3.05, 3.63) is 69.8 Å². The number of aryl methyl sites for hydroxylation is 2. The molecule has 0 radical (unpaired) electrons. The zero-order chi connectivity index (χ0) is 23.1. The van der Waals surface area contributed by atoms with E-state index in [-0.39, 0.29) is 29.4 Å². The average molecular weight is 445 g/mol. The van der Waals surface area contributed by atoms with Gasteiger partial charge in [0.05, 0.1) is 0 Å². The third-order valence-electron chi connectivity index (χ3n) is 7.18. The molecule has 0 spiro atoms. The van der Waals surface area contributed by atoms with Crippen molar-refractivity contribution < 1.29 is 19.2 Å². The van der Waals surface area contributed by atoms with Gasteiger partial charge in [-0.2, -0.15) is 0 Å². The lowest BCUT2D eigenvalue weighted by Gasteiger charge is -2.40. The molecule has 33 heavy (non-hydrogen) atoms. The number of ketones is 2. The minimum Gasteiger partial charge on any atom is -0.335 e. The van der Waals surface area contributed by atoms with Crippen LogP contribution >= 0.6 is 0 Å². The molecule has 1 fully saturated rings. The summed E-state index contributed by atoms with van der Waals surface area (Å²) in [6.45, 7) is 3.36. The molecule has 2 aliphatic carbocycles. The number of rotatable bonds is 2. The standard InChI is InChI=1S/C27H28N2O4/c1-17-16-28(26(32)20-8-10-22-18(14-20)4-2-6-24(22)30)12-13-29(17)27(33)21-9-11-23-19(15-21)5-3-7-25(23)31/h8-11,14-15,17H,2-7,12-13,16H2,1H3. The van der Waals surface area contributed by atoms with Gasteiger partial charge in [-0.3, -0.25) is 19.2 Å². The van der Waals surface area contributed by atoms with Crippen molar-refractivity contribution in [2.75, 3.05) is 19.6 Å². The van der Waals surface area contributed by atoms with Crippen molar-refractivity contribution in [2.45, 2.75) is 51.5 Å². The lowest BCUT2D eigenvalue weighted by molar-refractivity contribution is 0.0414. The molecule has 5 rings (SSSR count). The number of hydrogen-bond acceptors (Lipinski definition) is 4. The zero-order valence-electron chi connectivity index (χ0n) is 18.9. The molecular formula is C27H28N2O4. The molecule has 1 saturated heterocycles. The van der Waals surface area contributed by atoms with Gasteiger partial charge in [0.1, 0.15) is 0 Å². The number of benzene rings is 2. The highest BCUT2D eigenvalue weighted by atomic mass is 16.2. The van der Waals surface area contributed by atoms with Gasteiger partial charge in [-0.25, -0.2) is 0 Å². The van der Waals surface area contributed by atoms with E-state index in [1.807, 2.05) is 24.0 Å². The number of hydrogen-bond donors (Lipinski definition) is 0. The summed E-state index contributed by atoms with van der Waals surface area (Å²) in [4.78, 5) is 54.2. The summed E-state index contributed by atoms with van der Waals surface area (Å²) in [6.07, 6.45) is 4.47. The van der Waals surface area contributed by atoms with Gasteiger partial charge in [0.15, 0.2) is 11.6 Å². The van der Waals surface area contributed by atoms with Crippen LogP contribution in [0.3, 0.4) is 0 Å². The summed E-state index contributed by atoms with van der Waals surface area (Å²) in [6, 6.07) is 10.7. The van der Waals surface area contributed by atoms with Crippen LogP contribution in [0, 0.1) is 0 Å². The second kappa shape index (κ2) is 8.58. The molecule has 1 heterocycles. The van der Waals surface area contributed by atoms with E-state index in [1.54, 1.807) is 29.2 Å². The summed E-state index contributed by atoms with van der Waals surface area (Å²) in [5.41, 5.74) is 4.62. The first-order valence-electron chi connectivity index (χ1n) is 11.8. The van der Waals surface area contributed by atoms with Gasteiger partial charge in [0, 0.05) is 60.8 Å². The number of Topliss-reactive ketones (excluding diaryl/α,β-unsaturated/α-hetero) is 2. The highest BCUT2D eigenvalue weighted by Crippen LogP contribution is 2.26. The molecule has 6 heteroatoms. The average Bonchev–Trinajstić information content (AvgIpc) is 2.83. The van der Waals surface area contributed by atoms with Crippen LogP contribution in [0.2, 0.25) is 0 Å². The lowest BCUT2D eigenvalue weighted by atomic mass is 9.89. The normalized spacial score (nSPS) is 20.3. The molecule has 0 aromatic heterocycles. The molecule has 1 atom stereocenters. The fourth-order valence-electron chi connectivity index (χ4n) is 5.35. The van der Waals surface area contributed by atoms with E-state index in [1.165, 1.54) is 0 Å². The Hall–Kier alpha value is -3.28. The number of carbonyl (C=O) groups is 4. The Balaban J connectivity index is 1.28. The van der Waals surface area contributed by atoms with E-state index in [0.717, 1.165) is 47.9 Å². The summed E-state index contributed by atoms with van der Waals surface area (Å²) in [5, 5.41) is 0.